The molecule has 1 aliphatic carbocycles. The number of hydrazine groups is 1. The molecule has 9 nitrogen and oxygen atoms in total. The summed E-state index contributed by atoms with van der Waals surface area (Å²) in [6.07, 6.45) is 5.16. The monoisotopic (exact) mass is 486 g/mol. The van der Waals surface area contributed by atoms with E-state index in [0.29, 0.717) is 42.8 Å². The van der Waals surface area contributed by atoms with Crippen molar-refractivity contribution in [3.8, 4) is 5.75 Å². The lowest BCUT2D eigenvalue weighted by Gasteiger charge is -2.32. The Morgan fingerprint density at radius 3 is 2.71 bits per heavy atom. The van der Waals surface area contributed by atoms with Crippen LogP contribution in [0.15, 0.2) is 24.3 Å². The predicted molar refractivity (Wildman–Crippen MR) is 131 cm³/mol. The second-order valence-corrected chi connectivity index (χ2v) is 10.1. The Hall–Kier alpha value is -2.49. The summed E-state index contributed by atoms with van der Waals surface area (Å²) in [5.74, 6) is 0.247. The van der Waals surface area contributed by atoms with E-state index >= 15 is 0 Å². The van der Waals surface area contributed by atoms with Crippen LogP contribution < -0.4 is 15.6 Å². The van der Waals surface area contributed by atoms with E-state index in [1.165, 1.54) is 24.9 Å². The van der Waals surface area contributed by atoms with Crippen molar-refractivity contribution < 1.29 is 23.9 Å². The minimum Gasteiger partial charge on any atom is -0.496 e. The van der Waals surface area contributed by atoms with Gasteiger partial charge in [-0.3, -0.25) is 30.1 Å². The summed E-state index contributed by atoms with van der Waals surface area (Å²) < 4.78 is 10.7. The van der Waals surface area contributed by atoms with Crippen LogP contribution in [0.3, 0.4) is 0 Å². The van der Waals surface area contributed by atoms with Gasteiger partial charge >= 0.3 is 0 Å². The number of nitrogens with one attached hydrogen (secondary N) is 2. The van der Waals surface area contributed by atoms with Crippen LogP contribution in [-0.4, -0.2) is 80.6 Å². The van der Waals surface area contributed by atoms with Crippen molar-refractivity contribution in [2.24, 2.45) is 5.92 Å². The molecule has 4 atom stereocenters. The van der Waals surface area contributed by atoms with Crippen LogP contribution in [0.5, 0.6) is 5.75 Å². The van der Waals surface area contributed by atoms with Crippen LogP contribution in [0.1, 0.15) is 50.5 Å². The van der Waals surface area contributed by atoms with Gasteiger partial charge in [0.2, 0.25) is 17.7 Å². The molecule has 35 heavy (non-hydrogen) atoms. The van der Waals surface area contributed by atoms with Crippen molar-refractivity contribution in [2.45, 2.75) is 62.4 Å². The Balaban J connectivity index is 1.56. The number of rotatable bonds is 10. The van der Waals surface area contributed by atoms with Crippen LogP contribution in [0.2, 0.25) is 0 Å². The maximum atomic E-state index is 13.8. The van der Waals surface area contributed by atoms with Gasteiger partial charge in [0.05, 0.1) is 12.5 Å². The number of nitrogens with zero attached hydrogens (tertiary/aromatic N) is 2. The molecule has 1 saturated carbocycles. The molecule has 2 saturated heterocycles. The number of likely N-dealkylation sites (N-methyl/N-ethyl adjacent to an activating group) is 1. The normalized spacial score (nSPS) is 28.3. The largest absolute Gasteiger partial charge is 0.496 e. The fourth-order valence-corrected chi connectivity index (χ4v) is 5.99. The molecular formula is C26H38N4O5. The Bertz CT molecular complexity index is 940. The number of likely N-dealkylation sites (tertiary alicyclic amines) is 1. The van der Waals surface area contributed by atoms with E-state index in [1.54, 1.807) is 31.2 Å². The summed E-state index contributed by atoms with van der Waals surface area (Å²) in [5, 5.41) is 0. The van der Waals surface area contributed by atoms with Gasteiger partial charge in [0.25, 0.3) is 0 Å². The fraction of sp³-hybridized carbons (Fsp3) is 0.654. The van der Waals surface area contributed by atoms with Crippen molar-refractivity contribution in [1.82, 2.24) is 20.7 Å². The van der Waals surface area contributed by atoms with Gasteiger partial charge in [0, 0.05) is 64.3 Å². The molecule has 2 aliphatic heterocycles. The quantitative estimate of drug-likeness (QED) is 0.383. The number of para-hydroxylation sites is 1. The number of benzene rings is 1. The number of fused-ring (bicyclic) bond motifs is 1. The highest BCUT2D eigenvalue weighted by molar-refractivity contribution is 6.11. The molecule has 4 unspecified atom stereocenters. The lowest BCUT2D eigenvalue weighted by molar-refractivity contribution is -0.142. The van der Waals surface area contributed by atoms with Gasteiger partial charge in [-0.1, -0.05) is 31.0 Å². The van der Waals surface area contributed by atoms with Crippen molar-refractivity contribution >= 4 is 17.7 Å². The Morgan fingerprint density at radius 2 is 1.94 bits per heavy atom. The second kappa shape index (κ2) is 11.1. The first-order valence-corrected chi connectivity index (χ1v) is 12.6. The van der Waals surface area contributed by atoms with Crippen LogP contribution in [0.4, 0.5) is 0 Å². The molecule has 0 bridgehead atoms. The highest BCUT2D eigenvalue weighted by Gasteiger charge is 2.55. The van der Waals surface area contributed by atoms with Gasteiger partial charge in [0.1, 0.15) is 5.75 Å². The SMILES string of the molecule is COCCCN1C(=O)CC(CC(=O)N(C)CC2NNC3CCCCC32)(c2ccccc2OC)C1=O. The summed E-state index contributed by atoms with van der Waals surface area (Å²) >= 11 is 0. The topological polar surface area (TPSA) is 100 Å². The summed E-state index contributed by atoms with van der Waals surface area (Å²) in [6.45, 7) is 1.27. The number of imide groups is 1. The Labute approximate surface area is 207 Å². The number of ether oxygens (including phenoxy) is 2. The summed E-state index contributed by atoms with van der Waals surface area (Å²) in [7, 11) is 4.91. The van der Waals surface area contributed by atoms with Crippen molar-refractivity contribution in [3.63, 3.8) is 0 Å². The molecule has 3 amide bonds. The molecule has 9 heteroatoms. The van der Waals surface area contributed by atoms with Gasteiger partial charge in [-0.05, 0) is 31.2 Å². The van der Waals surface area contributed by atoms with Gasteiger partial charge in [-0.2, -0.15) is 0 Å². The van der Waals surface area contributed by atoms with Crippen molar-refractivity contribution in [2.75, 3.05) is 41.0 Å². The predicted octanol–water partition coefficient (Wildman–Crippen LogP) is 1.61. The van der Waals surface area contributed by atoms with Crippen molar-refractivity contribution in [1.29, 1.82) is 0 Å². The van der Waals surface area contributed by atoms with Gasteiger partial charge in [0.15, 0.2) is 0 Å². The van der Waals surface area contributed by atoms with Gasteiger partial charge in [-0.15, -0.1) is 0 Å². The molecule has 192 valence electrons. The zero-order chi connectivity index (χ0) is 25.0. The van der Waals surface area contributed by atoms with E-state index in [9.17, 15) is 14.4 Å². The number of carbonyl (C=O) groups excluding carboxylic acids is 3. The highest BCUT2D eigenvalue weighted by atomic mass is 16.5. The zero-order valence-corrected chi connectivity index (χ0v) is 21.0. The lowest BCUT2D eigenvalue weighted by atomic mass is 9.75. The first-order valence-electron chi connectivity index (χ1n) is 12.6. The molecule has 3 aliphatic rings. The highest BCUT2D eigenvalue weighted by Crippen LogP contribution is 2.44. The molecule has 4 rings (SSSR count). The van der Waals surface area contributed by atoms with Crippen LogP contribution in [0.25, 0.3) is 0 Å². The smallest absolute Gasteiger partial charge is 0.241 e. The third kappa shape index (κ3) is 5.08. The molecule has 0 aromatic heterocycles. The van der Waals surface area contributed by atoms with E-state index in [0.717, 1.165) is 12.8 Å². The molecule has 2 heterocycles. The molecule has 1 aromatic carbocycles. The summed E-state index contributed by atoms with van der Waals surface area (Å²) in [6, 6.07) is 7.82. The van der Waals surface area contributed by atoms with Gasteiger partial charge < -0.3 is 14.4 Å². The molecule has 0 radical (unpaired) electrons. The molecule has 2 N–H and O–H groups in total. The minimum absolute atomic E-state index is 0.0489. The number of carbonyl (C=O) groups is 3. The summed E-state index contributed by atoms with van der Waals surface area (Å²) in [5.41, 5.74) is 6.09. The molecule has 1 aromatic rings. The second-order valence-electron chi connectivity index (χ2n) is 10.1. The average Bonchev–Trinajstić information content (AvgIpc) is 3.38. The average molecular weight is 487 g/mol. The molecule has 3 fully saturated rings. The lowest BCUT2D eigenvalue weighted by Crippen LogP contribution is -2.47. The van der Waals surface area contributed by atoms with Crippen molar-refractivity contribution in [3.05, 3.63) is 29.8 Å². The standard InChI is InChI=1S/C26H38N4O5/c1-29(17-21-18-9-4-6-11-20(18)27-28-21)23(31)15-26(19-10-5-7-12-22(19)35-3)16-24(32)30(25(26)33)13-8-14-34-2/h5,7,10,12,18,20-21,27-28H,4,6,8-9,11,13-17H2,1-3H3. The van der Waals surface area contributed by atoms with Crippen LogP contribution in [-0.2, 0) is 24.5 Å². The van der Waals surface area contributed by atoms with E-state index in [2.05, 4.69) is 10.9 Å². The number of methoxy groups -OCH3 is 2. The first kappa shape index (κ1) is 25.6. The minimum atomic E-state index is -1.28. The van der Waals surface area contributed by atoms with Crippen LogP contribution >= 0.6 is 0 Å². The molecule has 0 spiro atoms. The fourth-order valence-electron chi connectivity index (χ4n) is 5.99. The third-order valence-electron chi connectivity index (χ3n) is 7.90. The van der Waals surface area contributed by atoms with E-state index < -0.39 is 5.41 Å². The van der Waals surface area contributed by atoms with Crippen LogP contribution in [0, 0.1) is 5.92 Å². The van der Waals surface area contributed by atoms with E-state index in [4.69, 9.17) is 9.47 Å². The first-order chi connectivity index (χ1) is 16.9. The number of hydrogen-bond donors (Lipinski definition) is 2. The Morgan fingerprint density at radius 1 is 1.17 bits per heavy atom. The zero-order valence-electron chi connectivity index (χ0n) is 21.0. The number of hydrogen-bond acceptors (Lipinski definition) is 7. The van der Waals surface area contributed by atoms with E-state index in [-0.39, 0.29) is 43.1 Å². The molecular weight excluding hydrogens is 448 g/mol. The van der Waals surface area contributed by atoms with E-state index in [1.807, 2.05) is 12.1 Å². The summed E-state index contributed by atoms with van der Waals surface area (Å²) in [4.78, 5) is 43.4. The maximum absolute atomic E-state index is 13.8. The van der Waals surface area contributed by atoms with Gasteiger partial charge in [-0.25, -0.2) is 0 Å². The maximum Gasteiger partial charge on any atom is 0.241 e. The third-order valence-corrected chi connectivity index (χ3v) is 7.90. The number of amides is 3. The Kier molecular flexibility index (Phi) is 8.09.